The molecule has 0 aliphatic carbocycles. The van der Waals surface area contributed by atoms with E-state index in [1.165, 1.54) is 39.0 Å². The molecule has 9 nitrogen and oxygen atoms in total. The van der Waals surface area contributed by atoms with Crippen LogP contribution in [0.25, 0.3) is 0 Å². The first-order chi connectivity index (χ1) is 12.5. The van der Waals surface area contributed by atoms with Crippen LogP contribution in [-0.4, -0.2) is 52.7 Å². The Hall–Kier alpha value is -2.75. The Morgan fingerprint density at radius 2 is 1.96 bits per heavy atom. The van der Waals surface area contributed by atoms with Crippen LogP contribution in [-0.2, 0) is 25.7 Å². The van der Waals surface area contributed by atoms with Crippen molar-refractivity contribution in [1.29, 1.82) is 0 Å². The Morgan fingerprint density at radius 1 is 1.30 bits per heavy atom. The summed E-state index contributed by atoms with van der Waals surface area (Å²) >= 11 is 1.19. The Labute approximate surface area is 160 Å². The van der Waals surface area contributed by atoms with Gasteiger partial charge in [-0.2, -0.15) is 0 Å². The number of Topliss-reactive ketones (excluding diaryl/α,β-unsaturated/α-hetero) is 1. The number of esters is 1. The summed E-state index contributed by atoms with van der Waals surface area (Å²) in [5.74, 6) is -1.97. The standard InChI is InChI=1S/C17H21N3O6S/c1-9(14(23)12-6-5-11(27-12)7-18-10(2)21)26-13(22)8-20-15(24)17(3,4)19-16(20)25/h5-6,9H,7-8H2,1-4H3,(H,18,21)(H,19,25)/t9-/m1/s1. The van der Waals surface area contributed by atoms with Crippen molar-refractivity contribution in [2.45, 2.75) is 45.9 Å². The highest BCUT2D eigenvalue weighted by molar-refractivity contribution is 7.14. The van der Waals surface area contributed by atoms with Crippen molar-refractivity contribution in [3.8, 4) is 0 Å². The van der Waals surface area contributed by atoms with Gasteiger partial charge in [-0.1, -0.05) is 0 Å². The van der Waals surface area contributed by atoms with E-state index in [1.807, 2.05) is 0 Å². The van der Waals surface area contributed by atoms with Gasteiger partial charge in [0.1, 0.15) is 12.1 Å². The predicted molar refractivity (Wildman–Crippen MR) is 96.0 cm³/mol. The number of hydrogen-bond acceptors (Lipinski definition) is 7. The maximum absolute atomic E-state index is 12.4. The second kappa shape index (κ2) is 7.87. The second-order valence-electron chi connectivity index (χ2n) is 6.62. The largest absolute Gasteiger partial charge is 0.453 e. The Balaban J connectivity index is 1.92. The molecule has 1 aromatic heterocycles. The minimum absolute atomic E-state index is 0.178. The summed E-state index contributed by atoms with van der Waals surface area (Å²) in [4.78, 5) is 61.1. The molecule has 0 saturated carbocycles. The van der Waals surface area contributed by atoms with Gasteiger partial charge in [0.05, 0.1) is 11.4 Å². The molecule has 0 unspecified atom stereocenters. The van der Waals surface area contributed by atoms with Crippen molar-refractivity contribution in [3.05, 3.63) is 21.9 Å². The minimum Gasteiger partial charge on any atom is -0.453 e. The number of urea groups is 1. The first kappa shape index (κ1) is 20.6. The molecule has 0 bridgehead atoms. The van der Waals surface area contributed by atoms with Crippen molar-refractivity contribution in [2.75, 3.05) is 6.54 Å². The molecule has 1 aromatic rings. The highest BCUT2D eigenvalue weighted by atomic mass is 32.1. The molecule has 2 heterocycles. The van der Waals surface area contributed by atoms with Crippen LogP contribution in [0.3, 0.4) is 0 Å². The first-order valence-electron chi connectivity index (χ1n) is 8.22. The molecule has 1 aliphatic rings. The fourth-order valence-electron chi connectivity index (χ4n) is 2.40. The predicted octanol–water partition coefficient (Wildman–Crippen LogP) is 0.829. The summed E-state index contributed by atoms with van der Waals surface area (Å²) in [6, 6.07) is 2.62. The average Bonchev–Trinajstić information content (AvgIpc) is 3.11. The monoisotopic (exact) mass is 395 g/mol. The third-order valence-electron chi connectivity index (χ3n) is 3.83. The molecule has 1 atom stereocenters. The molecule has 27 heavy (non-hydrogen) atoms. The number of carbonyl (C=O) groups excluding carboxylic acids is 5. The highest BCUT2D eigenvalue weighted by Crippen LogP contribution is 2.20. The van der Waals surface area contributed by atoms with E-state index in [4.69, 9.17) is 4.74 Å². The molecule has 0 spiro atoms. The molecule has 1 aliphatic heterocycles. The molecule has 10 heteroatoms. The summed E-state index contributed by atoms with van der Waals surface area (Å²) in [5.41, 5.74) is -1.08. The van der Waals surface area contributed by atoms with Crippen molar-refractivity contribution in [1.82, 2.24) is 15.5 Å². The molecule has 1 saturated heterocycles. The normalized spacial score (nSPS) is 16.7. The van der Waals surface area contributed by atoms with Crippen molar-refractivity contribution >= 4 is 40.9 Å². The Morgan fingerprint density at radius 3 is 2.52 bits per heavy atom. The summed E-state index contributed by atoms with van der Waals surface area (Å²) < 4.78 is 5.08. The lowest BCUT2D eigenvalue weighted by Gasteiger charge is -2.16. The van der Waals surface area contributed by atoms with Gasteiger partial charge in [0, 0.05) is 11.8 Å². The zero-order valence-corrected chi connectivity index (χ0v) is 16.3. The van der Waals surface area contributed by atoms with Crippen LogP contribution in [0.4, 0.5) is 4.79 Å². The van der Waals surface area contributed by atoms with E-state index < -0.39 is 41.9 Å². The van der Waals surface area contributed by atoms with Gasteiger partial charge in [-0.3, -0.25) is 24.1 Å². The molecule has 2 N–H and O–H groups in total. The molecule has 0 radical (unpaired) electrons. The average molecular weight is 395 g/mol. The maximum atomic E-state index is 12.4. The van der Waals surface area contributed by atoms with Crippen LogP contribution in [0.5, 0.6) is 0 Å². The van der Waals surface area contributed by atoms with E-state index in [1.54, 1.807) is 12.1 Å². The number of rotatable bonds is 7. The molecule has 1 fully saturated rings. The molecule has 4 amide bonds. The topological polar surface area (TPSA) is 122 Å². The third kappa shape index (κ3) is 4.91. The SMILES string of the molecule is CC(=O)NCc1ccc(C(=O)[C@@H](C)OC(=O)CN2C(=O)NC(C)(C)C2=O)s1. The van der Waals surface area contributed by atoms with E-state index in [0.29, 0.717) is 11.4 Å². The zero-order chi connectivity index (χ0) is 20.4. The van der Waals surface area contributed by atoms with Crippen molar-refractivity contribution in [3.63, 3.8) is 0 Å². The van der Waals surface area contributed by atoms with E-state index in [9.17, 15) is 24.0 Å². The number of nitrogens with zero attached hydrogens (tertiary/aromatic N) is 1. The van der Waals surface area contributed by atoms with E-state index in [-0.39, 0.29) is 5.91 Å². The lowest BCUT2D eigenvalue weighted by molar-refractivity contribution is -0.149. The fourth-order valence-corrected chi connectivity index (χ4v) is 3.36. The third-order valence-corrected chi connectivity index (χ3v) is 4.92. The summed E-state index contributed by atoms with van der Waals surface area (Å²) in [6.07, 6.45) is -1.07. The van der Waals surface area contributed by atoms with Gasteiger partial charge in [-0.25, -0.2) is 4.79 Å². The summed E-state index contributed by atoms with van der Waals surface area (Å²) in [7, 11) is 0. The molecule has 2 rings (SSSR count). The van der Waals surface area contributed by atoms with Crippen molar-refractivity contribution < 1.29 is 28.7 Å². The summed E-state index contributed by atoms with van der Waals surface area (Å²) in [5, 5.41) is 5.09. The minimum atomic E-state index is -1.08. The lowest BCUT2D eigenvalue weighted by Crippen LogP contribution is -2.41. The number of imide groups is 1. The van der Waals surface area contributed by atoms with Crippen molar-refractivity contribution in [2.24, 2.45) is 0 Å². The Bertz CT molecular complexity index is 800. The van der Waals surface area contributed by atoms with Gasteiger partial charge < -0.3 is 15.4 Å². The molecular formula is C17H21N3O6S. The number of ketones is 1. The summed E-state index contributed by atoms with van der Waals surface area (Å²) in [6.45, 7) is 5.62. The Kier molecular flexibility index (Phi) is 5.99. The second-order valence-corrected chi connectivity index (χ2v) is 7.79. The van der Waals surface area contributed by atoms with E-state index in [2.05, 4.69) is 10.6 Å². The highest BCUT2D eigenvalue weighted by Gasteiger charge is 2.45. The molecule has 0 aromatic carbocycles. The van der Waals surface area contributed by atoms with Gasteiger partial charge in [-0.05, 0) is 32.9 Å². The van der Waals surface area contributed by atoms with Crippen LogP contribution < -0.4 is 10.6 Å². The van der Waals surface area contributed by atoms with Gasteiger partial charge >= 0.3 is 12.0 Å². The maximum Gasteiger partial charge on any atom is 0.326 e. The molecule has 146 valence electrons. The van der Waals surface area contributed by atoms with Crippen LogP contribution in [0.2, 0.25) is 0 Å². The van der Waals surface area contributed by atoms with Crippen LogP contribution in [0, 0.1) is 0 Å². The smallest absolute Gasteiger partial charge is 0.326 e. The number of carbonyl (C=O) groups is 5. The number of nitrogens with one attached hydrogen (secondary N) is 2. The van der Waals surface area contributed by atoms with Gasteiger partial charge in [-0.15, -0.1) is 11.3 Å². The van der Waals surface area contributed by atoms with E-state index in [0.717, 1.165) is 9.78 Å². The van der Waals surface area contributed by atoms with Gasteiger partial charge in [0.15, 0.2) is 6.10 Å². The zero-order valence-electron chi connectivity index (χ0n) is 15.5. The van der Waals surface area contributed by atoms with Gasteiger partial charge in [0.2, 0.25) is 11.7 Å². The number of amides is 4. The quantitative estimate of drug-likeness (QED) is 0.401. The number of thiophene rings is 1. The number of hydrogen-bond donors (Lipinski definition) is 2. The van der Waals surface area contributed by atoms with Crippen LogP contribution >= 0.6 is 11.3 Å². The van der Waals surface area contributed by atoms with Crippen LogP contribution in [0.15, 0.2) is 12.1 Å². The molecular weight excluding hydrogens is 374 g/mol. The number of ether oxygens (including phenoxy) is 1. The first-order valence-corrected chi connectivity index (χ1v) is 9.04. The fraction of sp³-hybridized carbons (Fsp3) is 0.471. The van der Waals surface area contributed by atoms with E-state index >= 15 is 0 Å². The van der Waals surface area contributed by atoms with Crippen LogP contribution in [0.1, 0.15) is 42.2 Å². The lowest BCUT2D eigenvalue weighted by atomic mass is 10.1. The van der Waals surface area contributed by atoms with Gasteiger partial charge in [0.25, 0.3) is 5.91 Å².